The maximum absolute atomic E-state index is 8.77. The Morgan fingerprint density at radius 2 is 1.44 bits per heavy atom. The number of hydrogen-bond acceptors (Lipinski definition) is 2. The second-order valence-electron chi connectivity index (χ2n) is 4.28. The van der Waals surface area contributed by atoms with Gasteiger partial charge in [-0.05, 0) is 25.7 Å². The lowest BCUT2D eigenvalue weighted by atomic mass is 10.2. The Balaban J connectivity index is 1.96. The Morgan fingerprint density at radius 1 is 0.889 bits per heavy atom. The molecule has 0 aromatic rings. The lowest BCUT2D eigenvalue weighted by Gasteiger charge is -1.84. The van der Waals surface area contributed by atoms with E-state index in [0.29, 0.717) is 0 Å². The summed E-state index contributed by atoms with van der Waals surface area (Å²) in [5.41, 5.74) is 0. The summed E-state index contributed by atoms with van der Waals surface area (Å²) in [5.74, 6) is 0. The quantitative estimate of drug-likeness (QED) is 0.500. The molecule has 100 valence electrons. The van der Waals surface area contributed by atoms with Gasteiger partial charge < -0.3 is 9.84 Å². The summed E-state index contributed by atoms with van der Waals surface area (Å²) in [4.78, 5) is 0. The highest BCUT2D eigenvalue weighted by Gasteiger charge is 2.35. The van der Waals surface area contributed by atoms with E-state index in [1.165, 1.54) is 0 Å². The molecule has 0 aromatic heterocycles. The molecular formula is C16H24O2. The van der Waals surface area contributed by atoms with Gasteiger partial charge in [0.25, 0.3) is 0 Å². The molecule has 0 spiro atoms. The first kappa shape index (κ1) is 14.9. The zero-order valence-corrected chi connectivity index (χ0v) is 11.2. The summed E-state index contributed by atoms with van der Waals surface area (Å²) in [6.45, 7) is 2.27. The highest BCUT2D eigenvalue weighted by atomic mass is 16.6. The van der Waals surface area contributed by atoms with Gasteiger partial charge >= 0.3 is 0 Å². The van der Waals surface area contributed by atoms with Crippen molar-refractivity contribution in [1.82, 2.24) is 0 Å². The Hall–Kier alpha value is -1.12. The third-order valence-corrected chi connectivity index (χ3v) is 2.68. The fraction of sp³-hybridized carbons (Fsp3) is 0.500. The molecule has 18 heavy (non-hydrogen) atoms. The first-order valence-corrected chi connectivity index (χ1v) is 6.76. The molecule has 0 saturated carbocycles. The summed E-state index contributed by atoms with van der Waals surface area (Å²) in [7, 11) is 0. The predicted octanol–water partition coefficient (Wildman–Crippen LogP) is 3.55. The van der Waals surface area contributed by atoms with Gasteiger partial charge in [0.1, 0.15) is 12.2 Å². The Morgan fingerprint density at radius 3 is 1.94 bits per heavy atom. The van der Waals surface area contributed by atoms with E-state index in [-0.39, 0.29) is 18.8 Å². The topological polar surface area (TPSA) is 32.8 Å². The maximum atomic E-state index is 8.77. The van der Waals surface area contributed by atoms with Gasteiger partial charge in [-0.2, -0.15) is 0 Å². The van der Waals surface area contributed by atoms with Gasteiger partial charge in [0.15, 0.2) is 0 Å². The normalized spacial score (nSPS) is 24.1. The zero-order valence-electron chi connectivity index (χ0n) is 11.2. The molecular weight excluding hydrogens is 224 g/mol. The molecule has 1 rings (SSSR count). The van der Waals surface area contributed by atoms with Crippen LogP contribution in [0.25, 0.3) is 0 Å². The Labute approximate surface area is 110 Å². The first-order chi connectivity index (χ1) is 8.88. The van der Waals surface area contributed by atoms with Gasteiger partial charge in [-0.15, -0.1) is 0 Å². The standard InChI is InChI=1S/C16H24O2/c1-2-3-4-5-6-7-8-9-10-11-12-13-15-16(14-17)18-15/h3-4,6-7,9-10,12-13,15-17H,2,5,8,11,14H2,1H3/b4-3-,7-6-,10-9-,13-12-/t15-,16-/m1/s1. The van der Waals surface area contributed by atoms with E-state index in [4.69, 9.17) is 9.84 Å². The van der Waals surface area contributed by atoms with Gasteiger partial charge in [-0.25, -0.2) is 0 Å². The van der Waals surface area contributed by atoms with E-state index < -0.39 is 0 Å². The third-order valence-electron chi connectivity index (χ3n) is 2.68. The van der Waals surface area contributed by atoms with Gasteiger partial charge in [-0.3, -0.25) is 0 Å². The van der Waals surface area contributed by atoms with Gasteiger partial charge in [0.05, 0.1) is 6.61 Å². The fourth-order valence-corrected chi connectivity index (χ4v) is 1.57. The van der Waals surface area contributed by atoms with E-state index >= 15 is 0 Å². The van der Waals surface area contributed by atoms with E-state index in [1.54, 1.807) is 0 Å². The molecule has 1 aliphatic heterocycles. The van der Waals surface area contributed by atoms with Crippen LogP contribution in [0.1, 0.15) is 32.6 Å². The second kappa shape index (κ2) is 9.86. The summed E-state index contributed by atoms with van der Waals surface area (Å²) in [5, 5.41) is 8.77. The van der Waals surface area contributed by atoms with Crippen LogP contribution in [0.15, 0.2) is 48.6 Å². The zero-order chi connectivity index (χ0) is 13.1. The van der Waals surface area contributed by atoms with Crippen molar-refractivity contribution in [1.29, 1.82) is 0 Å². The van der Waals surface area contributed by atoms with Crippen molar-refractivity contribution in [2.24, 2.45) is 0 Å². The van der Waals surface area contributed by atoms with Crippen molar-refractivity contribution in [2.75, 3.05) is 6.61 Å². The fourth-order valence-electron chi connectivity index (χ4n) is 1.57. The van der Waals surface area contributed by atoms with Crippen LogP contribution in [0.4, 0.5) is 0 Å². The van der Waals surface area contributed by atoms with Crippen LogP contribution >= 0.6 is 0 Å². The SMILES string of the molecule is CC/C=C\C/C=C\C/C=C\C/C=C\[C@H]1O[C@@H]1CO. The van der Waals surface area contributed by atoms with Crippen LogP contribution < -0.4 is 0 Å². The highest BCUT2D eigenvalue weighted by Crippen LogP contribution is 2.22. The summed E-state index contributed by atoms with van der Waals surface area (Å²) in [6, 6.07) is 0. The minimum Gasteiger partial charge on any atom is -0.394 e. The van der Waals surface area contributed by atoms with Gasteiger partial charge in [0.2, 0.25) is 0 Å². The third kappa shape index (κ3) is 7.25. The molecule has 0 bridgehead atoms. The van der Waals surface area contributed by atoms with E-state index in [2.05, 4.69) is 49.5 Å². The monoisotopic (exact) mass is 248 g/mol. The summed E-state index contributed by atoms with van der Waals surface area (Å²) < 4.78 is 5.18. The van der Waals surface area contributed by atoms with Crippen molar-refractivity contribution >= 4 is 0 Å². The lowest BCUT2D eigenvalue weighted by molar-refractivity contribution is 0.243. The number of rotatable bonds is 9. The minimum absolute atomic E-state index is 0.0457. The summed E-state index contributed by atoms with van der Waals surface area (Å²) >= 11 is 0. The maximum Gasteiger partial charge on any atom is 0.111 e. The number of aliphatic hydroxyl groups is 1. The van der Waals surface area contributed by atoms with Crippen LogP contribution in [0.2, 0.25) is 0 Å². The van der Waals surface area contributed by atoms with Crippen LogP contribution in [0, 0.1) is 0 Å². The van der Waals surface area contributed by atoms with Crippen molar-refractivity contribution < 1.29 is 9.84 Å². The highest BCUT2D eigenvalue weighted by molar-refractivity contribution is 5.05. The number of allylic oxidation sites excluding steroid dienone is 7. The van der Waals surface area contributed by atoms with E-state index in [1.807, 2.05) is 6.08 Å². The van der Waals surface area contributed by atoms with Crippen LogP contribution in [-0.2, 0) is 4.74 Å². The number of epoxide rings is 1. The molecule has 0 amide bonds. The van der Waals surface area contributed by atoms with E-state index in [9.17, 15) is 0 Å². The largest absolute Gasteiger partial charge is 0.394 e. The second-order valence-corrected chi connectivity index (χ2v) is 4.28. The molecule has 2 heteroatoms. The molecule has 0 aromatic carbocycles. The molecule has 1 fully saturated rings. The van der Waals surface area contributed by atoms with Gasteiger partial charge in [-0.1, -0.05) is 55.5 Å². The molecule has 1 saturated heterocycles. The number of aliphatic hydroxyl groups excluding tert-OH is 1. The molecule has 0 unspecified atom stereocenters. The van der Waals surface area contributed by atoms with Crippen molar-refractivity contribution in [2.45, 2.75) is 44.8 Å². The first-order valence-electron chi connectivity index (χ1n) is 6.76. The molecule has 0 aliphatic carbocycles. The van der Waals surface area contributed by atoms with Crippen molar-refractivity contribution in [3.63, 3.8) is 0 Å². The molecule has 1 aliphatic rings. The van der Waals surface area contributed by atoms with Crippen molar-refractivity contribution in [3.05, 3.63) is 48.6 Å². The predicted molar refractivity (Wildman–Crippen MR) is 76.4 cm³/mol. The molecule has 1 N–H and O–H groups in total. The van der Waals surface area contributed by atoms with Crippen LogP contribution in [0.3, 0.4) is 0 Å². The Kier molecular flexibility index (Phi) is 8.19. The summed E-state index contributed by atoms with van der Waals surface area (Å²) in [6.07, 6.45) is 21.4. The number of ether oxygens (including phenoxy) is 1. The smallest absolute Gasteiger partial charge is 0.111 e. The average molecular weight is 248 g/mol. The van der Waals surface area contributed by atoms with Crippen molar-refractivity contribution in [3.8, 4) is 0 Å². The lowest BCUT2D eigenvalue weighted by Crippen LogP contribution is -1.95. The van der Waals surface area contributed by atoms with Gasteiger partial charge in [0, 0.05) is 0 Å². The molecule has 1 heterocycles. The molecule has 2 nitrogen and oxygen atoms in total. The number of hydrogen-bond donors (Lipinski definition) is 1. The molecule has 2 atom stereocenters. The van der Waals surface area contributed by atoms with Crippen LogP contribution in [0.5, 0.6) is 0 Å². The molecule has 0 radical (unpaired) electrons. The Bertz CT molecular complexity index is 313. The van der Waals surface area contributed by atoms with E-state index in [0.717, 1.165) is 25.7 Å². The van der Waals surface area contributed by atoms with Crippen LogP contribution in [-0.4, -0.2) is 23.9 Å². The minimum atomic E-state index is 0.0457. The average Bonchev–Trinajstić information content (AvgIpc) is 3.14.